The van der Waals surface area contributed by atoms with Crippen molar-refractivity contribution < 1.29 is 19.4 Å². The Morgan fingerprint density at radius 3 is 2.45 bits per heavy atom. The quantitative estimate of drug-likeness (QED) is 0.517. The third-order valence-electron chi connectivity index (χ3n) is 5.89. The van der Waals surface area contributed by atoms with Gasteiger partial charge in [-0.05, 0) is 53.3 Å². The molecule has 0 aromatic heterocycles. The first kappa shape index (κ1) is 21.1. The second-order valence-electron chi connectivity index (χ2n) is 8.44. The van der Waals surface area contributed by atoms with Gasteiger partial charge in [-0.25, -0.2) is 0 Å². The fraction of sp³-hybridized carbons (Fsp3) is 0.296. The number of fused-ring (bicyclic) bond motifs is 1. The molecule has 3 aromatic carbocycles. The lowest BCUT2D eigenvalue weighted by molar-refractivity contribution is -0.153. The zero-order valence-corrected chi connectivity index (χ0v) is 17.9. The molecule has 160 valence electrons. The molecule has 3 aromatic rings. The molecule has 1 N–H and O–H groups in total. The summed E-state index contributed by atoms with van der Waals surface area (Å²) in [4.78, 5) is 13.1. The van der Waals surface area contributed by atoms with Crippen LogP contribution in [0.1, 0.15) is 36.5 Å². The summed E-state index contributed by atoms with van der Waals surface area (Å²) in [6, 6.07) is 25.1. The Hall–Kier alpha value is -3.11. The molecule has 0 fully saturated rings. The van der Waals surface area contributed by atoms with E-state index in [1.165, 1.54) is 0 Å². The Labute approximate surface area is 183 Å². The van der Waals surface area contributed by atoms with E-state index in [1.54, 1.807) is 0 Å². The molecule has 1 aliphatic carbocycles. The van der Waals surface area contributed by atoms with Crippen LogP contribution in [0.2, 0.25) is 0 Å². The molecule has 0 saturated heterocycles. The number of ether oxygens (including phenoxy) is 2. The standard InChI is InChI=1S/C27H28O4/c1-18(2)25(26-23-14-7-6-10-20(23)16-24(26)28)27(29)30-17-19-9-8-13-22(15-19)31-21-11-4-3-5-12-21/h3-15,18,24-26,28H,16-17H2,1-2H3. The van der Waals surface area contributed by atoms with Crippen LogP contribution in [-0.4, -0.2) is 17.2 Å². The molecular weight excluding hydrogens is 388 g/mol. The Morgan fingerprint density at radius 2 is 1.68 bits per heavy atom. The highest BCUT2D eigenvalue weighted by Gasteiger charge is 2.42. The maximum Gasteiger partial charge on any atom is 0.310 e. The lowest BCUT2D eigenvalue weighted by Gasteiger charge is -2.28. The summed E-state index contributed by atoms with van der Waals surface area (Å²) in [7, 11) is 0. The van der Waals surface area contributed by atoms with Crippen molar-refractivity contribution in [2.24, 2.45) is 11.8 Å². The number of aliphatic hydroxyl groups excluding tert-OH is 1. The monoisotopic (exact) mass is 416 g/mol. The second kappa shape index (κ2) is 9.36. The summed E-state index contributed by atoms with van der Waals surface area (Å²) < 4.78 is 11.6. The fourth-order valence-electron chi connectivity index (χ4n) is 4.45. The van der Waals surface area contributed by atoms with Gasteiger partial charge in [0.1, 0.15) is 18.1 Å². The van der Waals surface area contributed by atoms with Crippen LogP contribution in [0.4, 0.5) is 0 Å². The number of para-hydroxylation sites is 1. The molecule has 3 unspecified atom stereocenters. The van der Waals surface area contributed by atoms with Gasteiger partial charge >= 0.3 is 5.97 Å². The first-order valence-corrected chi connectivity index (χ1v) is 10.8. The fourth-order valence-corrected chi connectivity index (χ4v) is 4.45. The molecule has 4 nitrogen and oxygen atoms in total. The van der Waals surface area contributed by atoms with Gasteiger partial charge in [0.05, 0.1) is 12.0 Å². The number of carbonyl (C=O) groups excluding carboxylic acids is 1. The van der Waals surface area contributed by atoms with Gasteiger partial charge in [0.25, 0.3) is 0 Å². The molecule has 4 rings (SSSR count). The van der Waals surface area contributed by atoms with E-state index in [4.69, 9.17) is 9.47 Å². The van der Waals surface area contributed by atoms with Crippen molar-refractivity contribution in [2.45, 2.75) is 38.9 Å². The molecule has 0 heterocycles. The molecule has 0 radical (unpaired) electrons. The number of carbonyl (C=O) groups is 1. The first-order valence-electron chi connectivity index (χ1n) is 10.8. The van der Waals surface area contributed by atoms with Crippen molar-refractivity contribution in [3.8, 4) is 11.5 Å². The second-order valence-corrected chi connectivity index (χ2v) is 8.44. The van der Waals surface area contributed by atoms with E-state index < -0.39 is 12.0 Å². The summed E-state index contributed by atoms with van der Waals surface area (Å²) in [5, 5.41) is 10.7. The first-order chi connectivity index (χ1) is 15.0. The molecular formula is C27H28O4. The van der Waals surface area contributed by atoms with Crippen molar-refractivity contribution in [1.82, 2.24) is 0 Å². The minimum absolute atomic E-state index is 0.0473. The third-order valence-corrected chi connectivity index (χ3v) is 5.89. The normalized spacial score (nSPS) is 18.5. The molecule has 3 atom stereocenters. The van der Waals surface area contributed by atoms with Crippen LogP contribution in [0.15, 0.2) is 78.9 Å². The summed E-state index contributed by atoms with van der Waals surface area (Å²) in [5.74, 6) is 0.584. The highest BCUT2D eigenvalue weighted by Crippen LogP contribution is 2.42. The lowest BCUT2D eigenvalue weighted by atomic mass is 9.79. The van der Waals surface area contributed by atoms with Crippen LogP contribution >= 0.6 is 0 Å². The number of hydrogen-bond acceptors (Lipinski definition) is 4. The van der Waals surface area contributed by atoms with Crippen LogP contribution in [-0.2, 0) is 22.6 Å². The maximum absolute atomic E-state index is 13.1. The Morgan fingerprint density at radius 1 is 0.968 bits per heavy atom. The number of hydrogen-bond donors (Lipinski definition) is 1. The summed E-state index contributed by atoms with van der Waals surface area (Å²) in [5.41, 5.74) is 3.03. The van der Waals surface area contributed by atoms with Gasteiger partial charge in [-0.1, -0.05) is 68.4 Å². The number of esters is 1. The molecule has 0 bridgehead atoms. The molecule has 0 amide bonds. The van der Waals surface area contributed by atoms with Crippen molar-refractivity contribution in [2.75, 3.05) is 0 Å². The minimum atomic E-state index is -0.569. The van der Waals surface area contributed by atoms with E-state index in [2.05, 4.69) is 0 Å². The van der Waals surface area contributed by atoms with E-state index in [1.807, 2.05) is 92.7 Å². The van der Waals surface area contributed by atoms with E-state index in [-0.39, 0.29) is 24.4 Å². The summed E-state index contributed by atoms with van der Waals surface area (Å²) in [6.45, 7) is 4.18. The summed E-state index contributed by atoms with van der Waals surface area (Å²) >= 11 is 0. The van der Waals surface area contributed by atoms with E-state index >= 15 is 0 Å². The Balaban J connectivity index is 1.45. The SMILES string of the molecule is CC(C)C(C(=O)OCc1cccc(Oc2ccccc2)c1)C1c2ccccc2CC1O. The van der Waals surface area contributed by atoms with Crippen molar-refractivity contribution in [3.63, 3.8) is 0 Å². The predicted molar refractivity (Wildman–Crippen MR) is 120 cm³/mol. The van der Waals surface area contributed by atoms with Gasteiger partial charge in [-0.3, -0.25) is 4.79 Å². The van der Waals surface area contributed by atoms with Gasteiger partial charge in [0, 0.05) is 5.92 Å². The largest absolute Gasteiger partial charge is 0.461 e. The van der Waals surface area contributed by atoms with Crippen LogP contribution in [0.5, 0.6) is 11.5 Å². The average molecular weight is 417 g/mol. The molecule has 0 spiro atoms. The number of rotatable bonds is 7. The van der Waals surface area contributed by atoms with Gasteiger partial charge < -0.3 is 14.6 Å². The molecule has 4 heteroatoms. The topological polar surface area (TPSA) is 55.8 Å². The minimum Gasteiger partial charge on any atom is -0.461 e. The van der Waals surface area contributed by atoms with Crippen LogP contribution in [0, 0.1) is 11.8 Å². The zero-order valence-electron chi connectivity index (χ0n) is 17.9. The van der Waals surface area contributed by atoms with E-state index in [0.29, 0.717) is 12.2 Å². The Bertz CT molecular complexity index is 1030. The summed E-state index contributed by atoms with van der Waals surface area (Å²) in [6.07, 6.45) is 0.0101. The highest BCUT2D eigenvalue weighted by atomic mass is 16.5. The lowest BCUT2D eigenvalue weighted by Crippen LogP contribution is -2.33. The van der Waals surface area contributed by atoms with Crippen molar-refractivity contribution in [3.05, 3.63) is 95.6 Å². The smallest absolute Gasteiger partial charge is 0.310 e. The molecule has 1 aliphatic rings. The van der Waals surface area contributed by atoms with Crippen LogP contribution in [0.3, 0.4) is 0 Å². The van der Waals surface area contributed by atoms with E-state index in [9.17, 15) is 9.90 Å². The van der Waals surface area contributed by atoms with E-state index in [0.717, 1.165) is 22.4 Å². The van der Waals surface area contributed by atoms with Crippen LogP contribution in [0.25, 0.3) is 0 Å². The zero-order chi connectivity index (χ0) is 21.8. The Kier molecular flexibility index (Phi) is 6.38. The van der Waals surface area contributed by atoms with Gasteiger partial charge in [0.2, 0.25) is 0 Å². The third kappa shape index (κ3) is 4.80. The van der Waals surface area contributed by atoms with Crippen molar-refractivity contribution >= 4 is 5.97 Å². The van der Waals surface area contributed by atoms with Crippen molar-refractivity contribution in [1.29, 1.82) is 0 Å². The molecule has 31 heavy (non-hydrogen) atoms. The van der Waals surface area contributed by atoms with Gasteiger partial charge in [-0.15, -0.1) is 0 Å². The maximum atomic E-state index is 13.1. The number of benzene rings is 3. The highest BCUT2D eigenvalue weighted by molar-refractivity contribution is 5.74. The predicted octanol–water partition coefficient (Wildman–Crippen LogP) is 5.50. The average Bonchev–Trinajstić information content (AvgIpc) is 3.09. The van der Waals surface area contributed by atoms with Gasteiger partial charge in [0.15, 0.2) is 0 Å². The van der Waals surface area contributed by atoms with Crippen LogP contribution < -0.4 is 4.74 Å². The molecule has 0 aliphatic heterocycles. The molecule has 0 saturated carbocycles. The van der Waals surface area contributed by atoms with Gasteiger partial charge in [-0.2, -0.15) is 0 Å². The number of aliphatic hydroxyl groups is 1.